The molecule has 1 aliphatic rings. The summed E-state index contributed by atoms with van der Waals surface area (Å²) in [4.78, 5) is 5.06. The Morgan fingerprint density at radius 3 is 2.50 bits per heavy atom. The van der Waals surface area contributed by atoms with Gasteiger partial charge < -0.3 is 16.0 Å². The summed E-state index contributed by atoms with van der Waals surface area (Å²) >= 11 is 0. The monoisotopic (exact) mass is 354 g/mol. The molecule has 142 valence electrons. The number of nitrogens with one attached hydrogen (secondary N) is 3. The van der Waals surface area contributed by atoms with Gasteiger partial charge in [-0.25, -0.2) is 4.99 Å². The van der Waals surface area contributed by atoms with Crippen molar-refractivity contribution in [3.8, 4) is 0 Å². The molecule has 1 unspecified atom stereocenters. The average molecular weight is 355 g/mol. The van der Waals surface area contributed by atoms with E-state index in [0.29, 0.717) is 0 Å². The quantitative estimate of drug-likeness (QED) is 0.631. The first-order valence-corrected chi connectivity index (χ1v) is 9.85. The molecule has 0 amide bonds. The lowest BCUT2D eigenvalue weighted by Crippen LogP contribution is -2.38. The zero-order valence-corrected chi connectivity index (χ0v) is 17.0. The number of aryl methyl sites for hydroxylation is 2. The van der Waals surface area contributed by atoms with E-state index in [1.807, 2.05) is 14.1 Å². The van der Waals surface area contributed by atoms with Crippen LogP contribution in [0.25, 0.3) is 0 Å². The fourth-order valence-corrected chi connectivity index (χ4v) is 3.48. The van der Waals surface area contributed by atoms with Crippen molar-refractivity contribution < 1.29 is 0 Å². The lowest BCUT2D eigenvalue weighted by Gasteiger charge is -2.28. The van der Waals surface area contributed by atoms with E-state index < -0.39 is 0 Å². The van der Waals surface area contributed by atoms with Crippen molar-refractivity contribution in [3.05, 3.63) is 58.6 Å². The minimum Gasteiger partial charge on any atom is -0.385 e. The van der Waals surface area contributed by atoms with Crippen molar-refractivity contribution >= 4 is 5.84 Å². The summed E-state index contributed by atoms with van der Waals surface area (Å²) in [7, 11) is 3.93. The fourth-order valence-electron chi connectivity index (χ4n) is 3.48. The van der Waals surface area contributed by atoms with Crippen molar-refractivity contribution in [2.45, 2.75) is 58.9 Å². The highest BCUT2D eigenvalue weighted by Crippen LogP contribution is 2.25. The lowest BCUT2D eigenvalue weighted by atomic mass is 9.97. The number of amidine groups is 1. The van der Waals surface area contributed by atoms with Gasteiger partial charge in [0.15, 0.2) is 0 Å². The van der Waals surface area contributed by atoms with Crippen LogP contribution in [0, 0.1) is 0 Å². The third-order valence-corrected chi connectivity index (χ3v) is 4.92. The molecule has 0 saturated carbocycles. The maximum absolute atomic E-state index is 5.06. The number of benzene rings is 1. The van der Waals surface area contributed by atoms with Crippen LogP contribution in [0.5, 0.6) is 0 Å². The van der Waals surface area contributed by atoms with Gasteiger partial charge in [0.1, 0.15) is 5.84 Å². The molecule has 26 heavy (non-hydrogen) atoms. The highest BCUT2D eigenvalue weighted by atomic mass is 15.1. The summed E-state index contributed by atoms with van der Waals surface area (Å²) in [5, 5.41) is 10.1. The van der Waals surface area contributed by atoms with Crippen molar-refractivity contribution in [3.63, 3.8) is 0 Å². The molecule has 1 aromatic carbocycles. The summed E-state index contributed by atoms with van der Waals surface area (Å²) in [5.74, 6) is 0.916. The van der Waals surface area contributed by atoms with Crippen LogP contribution in [0.4, 0.5) is 0 Å². The predicted octanol–water partition coefficient (Wildman–Crippen LogP) is 3.88. The molecule has 1 atom stereocenters. The Morgan fingerprint density at radius 2 is 1.92 bits per heavy atom. The molecular weight excluding hydrogens is 320 g/mol. The van der Waals surface area contributed by atoms with Crippen LogP contribution in [-0.4, -0.2) is 26.0 Å². The molecule has 4 heteroatoms. The van der Waals surface area contributed by atoms with Gasteiger partial charge in [0.2, 0.25) is 0 Å². The smallest absolute Gasteiger partial charge is 0.138 e. The number of hydrogen-bond donors (Lipinski definition) is 3. The van der Waals surface area contributed by atoms with Gasteiger partial charge in [0, 0.05) is 12.6 Å². The molecule has 0 radical (unpaired) electrons. The third-order valence-electron chi connectivity index (χ3n) is 4.92. The molecule has 2 rings (SSSR count). The second-order valence-electron chi connectivity index (χ2n) is 6.80. The summed E-state index contributed by atoms with van der Waals surface area (Å²) in [6.45, 7) is 10.9. The molecule has 1 aromatic rings. The summed E-state index contributed by atoms with van der Waals surface area (Å²) < 4.78 is 0. The summed E-state index contributed by atoms with van der Waals surface area (Å²) in [5.41, 5.74) is 6.79. The van der Waals surface area contributed by atoms with E-state index in [1.165, 1.54) is 16.7 Å². The van der Waals surface area contributed by atoms with E-state index in [-0.39, 0.29) is 6.04 Å². The number of rotatable bonds is 9. The lowest BCUT2D eigenvalue weighted by molar-refractivity contribution is 0.563. The van der Waals surface area contributed by atoms with Gasteiger partial charge in [-0.3, -0.25) is 0 Å². The molecule has 1 heterocycles. The van der Waals surface area contributed by atoms with E-state index in [0.717, 1.165) is 55.0 Å². The van der Waals surface area contributed by atoms with Crippen LogP contribution in [0.3, 0.4) is 0 Å². The Kier molecular flexibility index (Phi) is 7.46. The number of aliphatic imine (C=N–C) groups is 1. The molecule has 4 nitrogen and oxygen atoms in total. The third kappa shape index (κ3) is 4.36. The van der Waals surface area contributed by atoms with Gasteiger partial charge in [-0.15, -0.1) is 0 Å². The SMILES string of the molecule is C=C1NC(c2cc(CC)ccc2CCC)=NC(C(CCC)NC)=C1NC. The highest BCUT2D eigenvalue weighted by molar-refractivity contribution is 6.03. The van der Waals surface area contributed by atoms with Gasteiger partial charge in [-0.2, -0.15) is 0 Å². The Morgan fingerprint density at radius 1 is 1.15 bits per heavy atom. The largest absolute Gasteiger partial charge is 0.385 e. The van der Waals surface area contributed by atoms with Crippen LogP contribution in [0.1, 0.15) is 56.7 Å². The molecule has 0 spiro atoms. The minimum atomic E-state index is 0.209. The maximum Gasteiger partial charge on any atom is 0.138 e. The van der Waals surface area contributed by atoms with Crippen LogP contribution < -0.4 is 16.0 Å². The van der Waals surface area contributed by atoms with Gasteiger partial charge in [-0.05, 0) is 43.5 Å². The second kappa shape index (κ2) is 9.58. The standard InChI is InChI=1S/C22H34N4/c1-7-10-17-13-12-16(9-3)14-18(17)22-25-15(4)20(24-6)21(26-22)19(23-5)11-8-2/h12-14,19,23-24H,4,7-11H2,1-3,5-6H3,(H,25,26). The van der Waals surface area contributed by atoms with Crippen molar-refractivity contribution in [2.24, 2.45) is 4.99 Å². The molecule has 0 aliphatic carbocycles. The second-order valence-corrected chi connectivity index (χ2v) is 6.80. The molecule has 0 bridgehead atoms. The Bertz CT molecular complexity index is 700. The molecule has 3 N–H and O–H groups in total. The zero-order valence-electron chi connectivity index (χ0n) is 17.0. The first-order chi connectivity index (χ1) is 12.6. The molecule has 1 aliphatic heterocycles. The van der Waals surface area contributed by atoms with E-state index in [4.69, 9.17) is 4.99 Å². The van der Waals surface area contributed by atoms with E-state index in [1.54, 1.807) is 0 Å². The number of hydrogen-bond acceptors (Lipinski definition) is 4. The van der Waals surface area contributed by atoms with Crippen molar-refractivity contribution in [1.82, 2.24) is 16.0 Å². The average Bonchev–Trinajstić information content (AvgIpc) is 2.66. The highest BCUT2D eigenvalue weighted by Gasteiger charge is 2.24. The normalized spacial score (nSPS) is 15.6. The molecule has 0 saturated heterocycles. The van der Waals surface area contributed by atoms with Crippen LogP contribution in [0.15, 0.2) is 46.9 Å². The molecule has 0 aromatic heterocycles. The van der Waals surface area contributed by atoms with Crippen LogP contribution in [0.2, 0.25) is 0 Å². The molecule has 0 fully saturated rings. The van der Waals surface area contributed by atoms with Crippen molar-refractivity contribution in [1.29, 1.82) is 0 Å². The van der Waals surface area contributed by atoms with Crippen LogP contribution in [-0.2, 0) is 12.8 Å². The van der Waals surface area contributed by atoms with E-state index >= 15 is 0 Å². The van der Waals surface area contributed by atoms with Gasteiger partial charge in [-0.1, -0.05) is 52.3 Å². The Balaban J connectivity index is 2.57. The number of nitrogens with zero attached hydrogens (tertiary/aromatic N) is 1. The summed E-state index contributed by atoms with van der Waals surface area (Å²) in [6, 6.07) is 6.97. The van der Waals surface area contributed by atoms with Crippen molar-refractivity contribution in [2.75, 3.05) is 14.1 Å². The van der Waals surface area contributed by atoms with Gasteiger partial charge >= 0.3 is 0 Å². The zero-order chi connectivity index (χ0) is 19.1. The van der Waals surface area contributed by atoms with Crippen LogP contribution >= 0.6 is 0 Å². The predicted molar refractivity (Wildman–Crippen MR) is 112 cm³/mol. The van der Waals surface area contributed by atoms with Gasteiger partial charge in [0.25, 0.3) is 0 Å². The van der Waals surface area contributed by atoms with Gasteiger partial charge in [0.05, 0.1) is 23.1 Å². The van der Waals surface area contributed by atoms with E-state index in [9.17, 15) is 0 Å². The van der Waals surface area contributed by atoms with E-state index in [2.05, 4.69) is 61.5 Å². The first-order valence-electron chi connectivity index (χ1n) is 9.85. The fraction of sp³-hybridized carbons (Fsp3) is 0.500. The Hall–Kier alpha value is -2.07. The Labute approximate surface area is 158 Å². The topological polar surface area (TPSA) is 48.5 Å². The first kappa shape index (κ1) is 20.2. The molecular formula is C22H34N4. The maximum atomic E-state index is 5.06. The minimum absolute atomic E-state index is 0.209. The summed E-state index contributed by atoms with van der Waals surface area (Å²) in [6.07, 6.45) is 5.33. The number of likely N-dealkylation sites (N-methyl/N-ethyl adjacent to an activating group) is 2.